The van der Waals surface area contributed by atoms with Crippen LogP contribution in [0.25, 0.3) is 0 Å². The van der Waals surface area contributed by atoms with Gasteiger partial charge in [-0.25, -0.2) is 0 Å². The lowest BCUT2D eigenvalue weighted by Gasteiger charge is -2.18. The van der Waals surface area contributed by atoms with E-state index in [4.69, 9.17) is 14.2 Å². The minimum Gasteiger partial charge on any atom is -0.462 e. The number of carbonyl (C=O) groups is 3. The normalized spacial score (nSPS) is 12.1. The molecule has 0 saturated heterocycles. The van der Waals surface area contributed by atoms with Crippen LogP contribution in [-0.4, -0.2) is 37.2 Å². The second-order valence-electron chi connectivity index (χ2n) is 23.1. The van der Waals surface area contributed by atoms with Crippen LogP contribution < -0.4 is 0 Å². The second kappa shape index (κ2) is 64.4. The summed E-state index contributed by atoms with van der Waals surface area (Å²) < 4.78 is 17.0. The zero-order chi connectivity index (χ0) is 54.3. The highest BCUT2D eigenvalue weighted by molar-refractivity contribution is 5.71. The summed E-state index contributed by atoms with van der Waals surface area (Å²) in [5, 5.41) is 0. The summed E-state index contributed by atoms with van der Waals surface area (Å²) in [7, 11) is 0. The third-order valence-corrected chi connectivity index (χ3v) is 15.5. The average molecular weight is 1060 g/mol. The first kappa shape index (κ1) is 72.9. The van der Waals surface area contributed by atoms with E-state index in [0.29, 0.717) is 19.3 Å². The number of carbonyl (C=O) groups excluding carboxylic acids is 3. The maximum atomic E-state index is 12.9. The molecule has 0 fully saturated rings. The van der Waals surface area contributed by atoms with E-state index in [1.807, 2.05) is 0 Å². The molecule has 0 heterocycles. The van der Waals surface area contributed by atoms with Gasteiger partial charge in [0.2, 0.25) is 0 Å². The number of hydrogen-bond donors (Lipinski definition) is 0. The van der Waals surface area contributed by atoms with Gasteiger partial charge in [-0.2, -0.15) is 0 Å². The van der Waals surface area contributed by atoms with Gasteiger partial charge in [-0.15, -0.1) is 0 Å². The average Bonchev–Trinajstić information content (AvgIpc) is 3.41. The first-order valence-corrected chi connectivity index (χ1v) is 33.8. The van der Waals surface area contributed by atoms with Crippen molar-refractivity contribution in [1.29, 1.82) is 0 Å². The maximum absolute atomic E-state index is 12.9. The molecule has 0 saturated carbocycles. The number of allylic oxidation sites excluding steroid dienone is 4. The van der Waals surface area contributed by atoms with Gasteiger partial charge in [0.15, 0.2) is 6.10 Å². The van der Waals surface area contributed by atoms with Gasteiger partial charge < -0.3 is 14.2 Å². The molecule has 0 N–H and O–H groups in total. The summed E-state index contributed by atoms with van der Waals surface area (Å²) in [6.45, 7) is 6.71. The Balaban J connectivity index is 4.30. The zero-order valence-corrected chi connectivity index (χ0v) is 50.8. The molecule has 1 atom stereocenters. The van der Waals surface area contributed by atoms with E-state index in [1.165, 1.54) is 276 Å². The molecule has 6 nitrogen and oxygen atoms in total. The molecular weight excluding hydrogens is 925 g/mol. The van der Waals surface area contributed by atoms with Gasteiger partial charge >= 0.3 is 17.9 Å². The molecule has 0 rings (SSSR count). The van der Waals surface area contributed by atoms with E-state index >= 15 is 0 Å². The van der Waals surface area contributed by atoms with Crippen molar-refractivity contribution < 1.29 is 28.6 Å². The van der Waals surface area contributed by atoms with E-state index < -0.39 is 6.10 Å². The highest BCUT2D eigenvalue weighted by Crippen LogP contribution is 2.18. The monoisotopic (exact) mass is 1050 g/mol. The Bertz CT molecular complexity index is 1210. The highest BCUT2D eigenvalue weighted by Gasteiger charge is 2.19. The van der Waals surface area contributed by atoms with Crippen LogP contribution in [0.2, 0.25) is 0 Å². The van der Waals surface area contributed by atoms with Gasteiger partial charge in [0.25, 0.3) is 0 Å². The quantitative estimate of drug-likeness (QED) is 0.0261. The zero-order valence-electron chi connectivity index (χ0n) is 50.8. The van der Waals surface area contributed by atoms with Crippen molar-refractivity contribution >= 4 is 17.9 Å². The summed E-state index contributed by atoms with van der Waals surface area (Å²) >= 11 is 0. The van der Waals surface area contributed by atoms with E-state index in [1.54, 1.807) is 0 Å². The van der Waals surface area contributed by atoms with E-state index in [0.717, 1.165) is 64.2 Å². The smallest absolute Gasteiger partial charge is 0.306 e. The summed E-state index contributed by atoms with van der Waals surface area (Å²) in [6.07, 6.45) is 77.6. The molecule has 75 heavy (non-hydrogen) atoms. The number of unbranched alkanes of at least 4 members (excludes halogenated alkanes) is 48. The molecule has 0 bridgehead atoms. The standard InChI is InChI=1S/C69H130O6/c1-4-7-10-13-16-19-22-25-28-31-33-35-37-38-41-44-47-50-53-56-59-62-68(71)74-65-66(64-73-67(70)61-58-55-52-49-46-43-40-30-27-24-21-18-15-12-9-6-3)75-69(72)63-60-57-54-51-48-45-42-39-36-34-32-29-26-23-20-17-14-11-8-5-2/h22,25,31,33,66H,4-21,23-24,26-30,32,34-65H2,1-3H3/b25-22-,33-31-. The fourth-order valence-corrected chi connectivity index (χ4v) is 10.4. The van der Waals surface area contributed by atoms with Crippen LogP contribution in [0.4, 0.5) is 0 Å². The van der Waals surface area contributed by atoms with Crippen LogP contribution in [0.1, 0.15) is 380 Å². The highest BCUT2D eigenvalue weighted by atomic mass is 16.6. The van der Waals surface area contributed by atoms with Crippen LogP contribution in [0.5, 0.6) is 0 Å². The van der Waals surface area contributed by atoms with Crippen LogP contribution >= 0.6 is 0 Å². The lowest BCUT2D eigenvalue weighted by Crippen LogP contribution is -2.30. The Kier molecular flexibility index (Phi) is 62.6. The fourth-order valence-electron chi connectivity index (χ4n) is 10.4. The Morgan fingerprint density at radius 1 is 0.267 bits per heavy atom. The summed E-state index contributed by atoms with van der Waals surface area (Å²) in [5.41, 5.74) is 0. The molecule has 0 aromatic heterocycles. The number of ether oxygens (including phenoxy) is 3. The van der Waals surface area contributed by atoms with Crippen molar-refractivity contribution in [2.45, 2.75) is 386 Å². The molecule has 1 unspecified atom stereocenters. The van der Waals surface area contributed by atoms with Crippen molar-refractivity contribution in [2.24, 2.45) is 0 Å². The van der Waals surface area contributed by atoms with Gasteiger partial charge in [-0.1, -0.05) is 334 Å². The summed E-state index contributed by atoms with van der Waals surface area (Å²) in [6, 6.07) is 0. The van der Waals surface area contributed by atoms with Gasteiger partial charge in [0, 0.05) is 19.3 Å². The molecule has 0 spiro atoms. The number of rotatable bonds is 63. The molecule has 0 aliphatic rings. The molecule has 0 aromatic rings. The van der Waals surface area contributed by atoms with Crippen molar-refractivity contribution in [1.82, 2.24) is 0 Å². The van der Waals surface area contributed by atoms with Crippen LogP contribution in [0.3, 0.4) is 0 Å². The summed E-state index contributed by atoms with van der Waals surface area (Å²) in [5.74, 6) is -0.838. The maximum Gasteiger partial charge on any atom is 0.306 e. The molecular formula is C69H130O6. The Morgan fingerprint density at radius 3 is 0.733 bits per heavy atom. The van der Waals surface area contributed by atoms with Gasteiger partial charge in [-0.05, 0) is 51.4 Å². The fraction of sp³-hybridized carbons (Fsp3) is 0.899. The van der Waals surface area contributed by atoms with Crippen molar-refractivity contribution in [3.8, 4) is 0 Å². The first-order valence-electron chi connectivity index (χ1n) is 33.8. The second-order valence-corrected chi connectivity index (χ2v) is 23.1. The van der Waals surface area contributed by atoms with Crippen molar-refractivity contribution in [3.63, 3.8) is 0 Å². The largest absolute Gasteiger partial charge is 0.462 e. The Hall–Kier alpha value is -2.11. The third kappa shape index (κ3) is 62.6. The minimum atomic E-state index is -0.769. The van der Waals surface area contributed by atoms with Crippen LogP contribution in [-0.2, 0) is 28.6 Å². The van der Waals surface area contributed by atoms with Crippen LogP contribution in [0, 0.1) is 0 Å². The number of esters is 3. The van der Waals surface area contributed by atoms with Crippen molar-refractivity contribution in [3.05, 3.63) is 24.3 Å². The molecule has 0 amide bonds. The Labute approximate surface area is 468 Å². The van der Waals surface area contributed by atoms with E-state index in [2.05, 4.69) is 45.1 Å². The van der Waals surface area contributed by atoms with Crippen LogP contribution in [0.15, 0.2) is 24.3 Å². The lowest BCUT2D eigenvalue weighted by atomic mass is 10.0. The third-order valence-electron chi connectivity index (χ3n) is 15.5. The van der Waals surface area contributed by atoms with Crippen molar-refractivity contribution in [2.75, 3.05) is 13.2 Å². The first-order chi connectivity index (χ1) is 37.0. The molecule has 442 valence electrons. The van der Waals surface area contributed by atoms with Gasteiger partial charge in [0.05, 0.1) is 0 Å². The van der Waals surface area contributed by atoms with E-state index in [-0.39, 0.29) is 31.1 Å². The minimum absolute atomic E-state index is 0.0659. The summed E-state index contributed by atoms with van der Waals surface area (Å²) in [4.78, 5) is 38.4. The molecule has 0 aliphatic carbocycles. The lowest BCUT2D eigenvalue weighted by molar-refractivity contribution is -0.167. The molecule has 0 aliphatic heterocycles. The SMILES string of the molecule is CCCCCCC/C=C\C/C=C\CCCCCCCCCCCC(=O)OCC(COC(=O)CCCCCCCCCCCCCCCCCC)OC(=O)CCCCCCCCCCCCCCCCCCCCCC. The predicted molar refractivity (Wildman–Crippen MR) is 326 cm³/mol. The van der Waals surface area contributed by atoms with Gasteiger partial charge in [0.1, 0.15) is 13.2 Å². The molecule has 0 aromatic carbocycles. The topological polar surface area (TPSA) is 78.9 Å². The predicted octanol–water partition coefficient (Wildman–Crippen LogP) is 23.0. The van der Waals surface area contributed by atoms with Gasteiger partial charge in [-0.3, -0.25) is 14.4 Å². The number of hydrogen-bond acceptors (Lipinski definition) is 6. The molecule has 6 heteroatoms. The molecule has 0 radical (unpaired) electrons. The Morgan fingerprint density at radius 2 is 0.480 bits per heavy atom. The van der Waals surface area contributed by atoms with E-state index in [9.17, 15) is 14.4 Å².